The molecule has 31 heavy (non-hydrogen) atoms. The highest BCUT2D eigenvalue weighted by molar-refractivity contribution is 5.78. The first kappa shape index (κ1) is 20.0. The zero-order chi connectivity index (χ0) is 22.2. The molecule has 0 bridgehead atoms. The molecule has 0 amide bonds. The minimum absolute atomic E-state index is 0.0590. The number of halogens is 3. The van der Waals surface area contributed by atoms with Crippen LogP contribution in [0.4, 0.5) is 36.3 Å². The van der Waals surface area contributed by atoms with Crippen LogP contribution in [0.1, 0.15) is 16.7 Å². The van der Waals surface area contributed by atoms with Crippen LogP contribution in [0.15, 0.2) is 51.8 Å². The van der Waals surface area contributed by atoms with Crippen LogP contribution in [0.3, 0.4) is 0 Å². The van der Waals surface area contributed by atoms with Crippen molar-refractivity contribution in [3.8, 4) is 6.07 Å². The summed E-state index contributed by atoms with van der Waals surface area (Å²) in [7, 11) is 0. The average Bonchev–Trinajstić information content (AvgIpc) is 3.09. The Morgan fingerprint density at radius 2 is 1.87 bits per heavy atom. The number of hydrogen-bond donors (Lipinski definition) is 3. The molecule has 0 aliphatic carbocycles. The van der Waals surface area contributed by atoms with E-state index in [0.29, 0.717) is 28.2 Å². The van der Waals surface area contributed by atoms with Gasteiger partial charge in [-0.05, 0) is 43.3 Å². The van der Waals surface area contributed by atoms with Crippen molar-refractivity contribution in [2.45, 2.75) is 13.1 Å². The van der Waals surface area contributed by atoms with Crippen molar-refractivity contribution in [2.75, 3.05) is 10.6 Å². The summed E-state index contributed by atoms with van der Waals surface area (Å²) in [6.07, 6.45) is -3.17. The lowest BCUT2D eigenvalue weighted by molar-refractivity contribution is -0.137. The summed E-state index contributed by atoms with van der Waals surface area (Å²) in [5, 5.41) is 14.7. The first-order valence-electron chi connectivity index (χ1n) is 8.85. The van der Waals surface area contributed by atoms with Crippen LogP contribution in [0.5, 0.6) is 0 Å². The molecule has 8 nitrogen and oxygen atoms in total. The van der Waals surface area contributed by atoms with Crippen molar-refractivity contribution in [1.29, 1.82) is 5.26 Å². The predicted molar refractivity (Wildman–Crippen MR) is 106 cm³/mol. The second kappa shape index (κ2) is 7.49. The van der Waals surface area contributed by atoms with E-state index in [1.807, 2.05) is 0 Å². The highest BCUT2D eigenvalue weighted by Gasteiger charge is 2.33. The van der Waals surface area contributed by atoms with Crippen LogP contribution in [0, 0.1) is 18.3 Å². The number of H-pyrrole nitrogens is 1. The van der Waals surface area contributed by atoms with Gasteiger partial charge in [0, 0.05) is 23.1 Å². The Balaban J connectivity index is 1.62. The third-order valence-electron chi connectivity index (χ3n) is 4.35. The van der Waals surface area contributed by atoms with Crippen LogP contribution in [-0.4, -0.2) is 15.0 Å². The highest BCUT2D eigenvalue weighted by atomic mass is 19.4. The fourth-order valence-electron chi connectivity index (χ4n) is 2.88. The lowest BCUT2D eigenvalue weighted by Crippen LogP contribution is -2.09. The molecule has 0 unspecified atom stereocenters. The quantitative estimate of drug-likeness (QED) is 0.436. The van der Waals surface area contributed by atoms with E-state index in [-0.39, 0.29) is 11.6 Å². The zero-order valence-corrected chi connectivity index (χ0v) is 15.8. The number of aromatic nitrogens is 3. The molecule has 4 aromatic rings. The van der Waals surface area contributed by atoms with E-state index in [4.69, 9.17) is 9.68 Å². The summed E-state index contributed by atoms with van der Waals surface area (Å²) in [4.78, 5) is 22.2. The molecule has 0 fully saturated rings. The summed E-state index contributed by atoms with van der Waals surface area (Å²) < 4.78 is 44.5. The molecule has 11 heteroatoms. The zero-order valence-electron chi connectivity index (χ0n) is 15.8. The minimum atomic E-state index is -4.67. The number of aryl methyl sites for hydroxylation is 1. The molecule has 0 radical (unpaired) electrons. The fourth-order valence-corrected chi connectivity index (χ4v) is 2.88. The van der Waals surface area contributed by atoms with Gasteiger partial charge in [0.25, 0.3) is 0 Å². The van der Waals surface area contributed by atoms with Crippen molar-refractivity contribution in [3.05, 3.63) is 69.8 Å². The summed E-state index contributed by atoms with van der Waals surface area (Å²) in [5.41, 5.74) is 0.748. The van der Waals surface area contributed by atoms with Crippen LogP contribution in [0.2, 0.25) is 0 Å². The lowest BCUT2D eigenvalue weighted by atomic mass is 10.1. The Labute approximate surface area is 172 Å². The molecule has 0 saturated heterocycles. The van der Waals surface area contributed by atoms with Crippen LogP contribution in [0.25, 0.3) is 11.1 Å². The number of nitrogens with zero attached hydrogens (tertiary/aromatic N) is 3. The van der Waals surface area contributed by atoms with Crippen molar-refractivity contribution < 1.29 is 17.6 Å². The first-order chi connectivity index (χ1) is 14.7. The third kappa shape index (κ3) is 4.18. The second-order valence-electron chi connectivity index (χ2n) is 6.57. The predicted octanol–water partition coefficient (Wildman–Crippen LogP) is 4.60. The monoisotopic (exact) mass is 426 g/mol. The molecule has 0 aliphatic heterocycles. The maximum absolute atomic E-state index is 13.2. The van der Waals surface area contributed by atoms with E-state index in [1.54, 1.807) is 25.1 Å². The van der Waals surface area contributed by atoms with Gasteiger partial charge in [-0.15, -0.1) is 0 Å². The van der Waals surface area contributed by atoms with E-state index in [2.05, 4.69) is 25.6 Å². The SMILES string of the molecule is Cc1cnc(Nc2ccc(C#N)c(C(F)(F)F)c2)nc1Nc1ccc2oc(=O)[nH]c2c1. The number of fused-ring (bicyclic) bond motifs is 1. The van der Waals surface area contributed by atoms with Gasteiger partial charge in [-0.25, -0.2) is 9.78 Å². The van der Waals surface area contributed by atoms with E-state index >= 15 is 0 Å². The van der Waals surface area contributed by atoms with Gasteiger partial charge in [-0.2, -0.15) is 23.4 Å². The normalized spacial score (nSPS) is 11.3. The maximum Gasteiger partial charge on any atom is 0.417 e. The van der Waals surface area contributed by atoms with Crippen molar-refractivity contribution in [1.82, 2.24) is 15.0 Å². The molecule has 2 aromatic heterocycles. The molecule has 0 spiro atoms. The van der Waals surface area contributed by atoms with Gasteiger partial charge in [-0.1, -0.05) is 0 Å². The number of benzene rings is 2. The number of alkyl halides is 3. The second-order valence-corrected chi connectivity index (χ2v) is 6.57. The minimum Gasteiger partial charge on any atom is -0.408 e. The highest BCUT2D eigenvalue weighted by Crippen LogP contribution is 2.34. The number of nitrogens with one attached hydrogen (secondary N) is 3. The smallest absolute Gasteiger partial charge is 0.408 e. The van der Waals surface area contributed by atoms with Gasteiger partial charge in [-0.3, -0.25) is 4.98 Å². The van der Waals surface area contributed by atoms with Gasteiger partial charge in [0.05, 0.1) is 22.7 Å². The van der Waals surface area contributed by atoms with Crippen molar-refractivity contribution in [2.24, 2.45) is 0 Å². The molecule has 0 saturated carbocycles. The largest absolute Gasteiger partial charge is 0.417 e. The van der Waals surface area contributed by atoms with Gasteiger partial charge in [0.15, 0.2) is 5.58 Å². The Morgan fingerprint density at radius 3 is 2.61 bits per heavy atom. The van der Waals surface area contributed by atoms with E-state index in [1.165, 1.54) is 18.3 Å². The lowest BCUT2D eigenvalue weighted by Gasteiger charge is -2.13. The molecule has 0 aliphatic rings. The maximum atomic E-state index is 13.2. The van der Waals surface area contributed by atoms with Crippen LogP contribution < -0.4 is 16.4 Å². The van der Waals surface area contributed by atoms with E-state index in [9.17, 15) is 18.0 Å². The van der Waals surface area contributed by atoms with Crippen molar-refractivity contribution >= 4 is 34.2 Å². The van der Waals surface area contributed by atoms with E-state index < -0.39 is 23.1 Å². The number of nitriles is 1. The number of rotatable bonds is 4. The molecule has 4 rings (SSSR count). The number of oxazole rings is 1. The molecule has 2 aromatic carbocycles. The Morgan fingerprint density at radius 1 is 1.13 bits per heavy atom. The molecule has 0 atom stereocenters. The molecule has 2 heterocycles. The van der Waals surface area contributed by atoms with Gasteiger partial charge in [0.1, 0.15) is 5.82 Å². The standard InChI is InChI=1S/C20H13F3N6O2/c1-10-9-25-18(27-12-3-2-11(8-24)14(6-12)20(21,22)23)29-17(10)26-13-4-5-16-15(7-13)28-19(30)31-16/h2-7,9H,1H3,(H,28,30)(H2,25,26,27,29). The molecular formula is C20H13F3N6O2. The van der Waals surface area contributed by atoms with Gasteiger partial charge < -0.3 is 15.1 Å². The van der Waals surface area contributed by atoms with E-state index in [0.717, 1.165) is 12.1 Å². The summed E-state index contributed by atoms with van der Waals surface area (Å²) in [5.74, 6) is -0.103. The molecular weight excluding hydrogens is 413 g/mol. The Hall–Kier alpha value is -4.33. The van der Waals surface area contributed by atoms with Gasteiger partial charge >= 0.3 is 11.9 Å². The average molecular weight is 426 g/mol. The molecule has 3 N–H and O–H groups in total. The third-order valence-corrected chi connectivity index (χ3v) is 4.35. The summed E-state index contributed by atoms with van der Waals surface area (Å²) in [6, 6.07) is 9.74. The number of hydrogen-bond acceptors (Lipinski definition) is 7. The van der Waals surface area contributed by atoms with Crippen LogP contribution >= 0.6 is 0 Å². The van der Waals surface area contributed by atoms with Gasteiger partial charge in [0.2, 0.25) is 5.95 Å². The number of aromatic amines is 1. The summed E-state index contributed by atoms with van der Waals surface area (Å²) in [6.45, 7) is 1.76. The molecule has 156 valence electrons. The summed E-state index contributed by atoms with van der Waals surface area (Å²) >= 11 is 0. The topological polar surface area (TPSA) is 120 Å². The Kier molecular flexibility index (Phi) is 4.82. The Bertz CT molecular complexity index is 1380. The number of anilines is 4. The van der Waals surface area contributed by atoms with Crippen molar-refractivity contribution in [3.63, 3.8) is 0 Å². The fraction of sp³-hybridized carbons (Fsp3) is 0.100. The first-order valence-corrected chi connectivity index (χ1v) is 8.85. The van der Waals surface area contributed by atoms with Crippen LogP contribution in [-0.2, 0) is 6.18 Å².